The van der Waals surface area contributed by atoms with Crippen molar-refractivity contribution in [1.82, 2.24) is 4.90 Å². The average Bonchev–Trinajstić information content (AvgIpc) is 2.99. The molecule has 0 saturated carbocycles. The Balaban J connectivity index is 2.01. The number of nitrogens with zero attached hydrogens (tertiary/aromatic N) is 1. The van der Waals surface area contributed by atoms with Crippen molar-refractivity contribution in [1.29, 1.82) is 0 Å². The molecule has 2 aromatic rings. The highest BCUT2D eigenvalue weighted by Gasteiger charge is 2.41. The Morgan fingerprint density at radius 3 is 2.96 bits per heavy atom. The van der Waals surface area contributed by atoms with Crippen LogP contribution in [0.25, 0.3) is 10.1 Å². The van der Waals surface area contributed by atoms with Crippen molar-refractivity contribution >= 4 is 33.3 Å². The van der Waals surface area contributed by atoms with Crippen molar-refractivity contribution in [2.75, 3.05) is 20.3 Å². The Kier molecular flexibility index (Phi) is 5.16. The van der Waals surface area contributed by atoms with E-state index in [2.05, 4.69) is 0 Å². The molecule has 1 amide bonds. The minimum absolute atomic E-state index is 0.0314. The number of piperidine rings is 1. The number of likely N-dealkylation sites (tertiary alicyclic amines) is 1. The molecule has 0 radical (unpaired) electrons. The topological polar surface area (TPSA) is 66.8 Å². The molecule has 1 saturated heterocycles. The van der Waals surface area contributed by atoms with Gasteiger partial charge in [0.25, 0.3) is 0 Å². The minimum atomic E-state index is -0.834. The quantitative estimate of drug-likeness (QED) is 0.814. The predicted octanol–water partition coefficient (Wildman–Crippen LogP) is 3.30. The van der Waals surface area contributed by atoms with Crippen LogP contribution in [0.4, 0.5) is 0 Å². The number of benzene rings is 1. The first-order chi connectivity index (χ1) is 11.6. The summed E-state index contributed by atoms with van der Waals surface area (Å²) in [5.41, 5.74) is 0.952. The lowest BCUT2D eigenvalue weighted by Gasteiger charge is -2.39. The second kappa shape index (κ2) is 7.32. The predicted molar refractivity (Wildman–Crippen MR) is 93.1 cm³/mol. The van der Waals surface area contributed by atoms with Crippen LogP contribution < -0.4 is 0 Å². The summed E-state index contributed by atoms with van der Waals surface area (Å²) in [5, 5.41) is 12.7. The molecule has 1 aromatic carbocycles. The van der Waals surface area contributed by atoms with Gasteiger partial charge < -0.3 is 14.7 Å². The number of carbonyl (C=O) groups excluding carboxylic acids is 1. The summed E-state index contributed by atoms with van der Waals surface area (Å²) in [6.45, 7) is 1.07. The molecule has 0 bridgehead atoms. The molecule has 1 aliphatic rings. The van der Waals surface area contributed by atoms with Gasteiger partial charge in [-0.2, -0.15) is 0 Å². The van der Waals surface area contributed by atoms with Crippen LogP contribution in [0.5, 0.6) is 0 Å². The zero-order chi connectivity index (χ0) is 17.1. The van der Waals surface area contributed by atoms with Crippen LogP contribution in [0.1, 0.15) is 30.9 Å². The van der Waals surface area contributed by atoms with E-state index in [4.69, 9.17) is 4.74 Å². The normalized spacial score (nSPS) is 21.4. The SMILES string of the molecule is COCCCN1C(=O)CC[C@H](C(=O)O)[C@@H]1c1csc2ccccc12. The third-order valence-electron chi connectivity index (χ3n) is 4.60. The first-order valence-corrected chi connectivity index (χ1v) is 8.98. The van der Waals surface area contributed by atoms with Gasteiger partial charge in [0.2, 0.25) is 5.91 Å². The van der Waals surface area contributed by atoms with Crippen LogP contribution in [0.3, 0.4) is 0 Å². The maximum absolute atomic E-state index is 12.5. The van der Waals surface area contributed by atoms with E-state index >= 15 is 0 Å². The molecule has 0 spiro atoms. The van der Waals surface area contributed by atoms with E-state index in [1.54, 1.807) is 23.3 Å². The number of ether oxygens (including phenoxy) is 1. The summed E-state index contributed by atoms with van der Waals surface area (Å²) in [4.78, 5) is 26.1. The number of carboxylic acid groups (broad SMARTS) is 1. The molecule has 3 rings (SSSR count). The van der Waals surface area contributed by atoms with E-state index in [0.29, 0.717) is 32.4 Å². The fourth-order valence-corrected chi connectivity index (χ4v) is 4.46. The summed E-state index contributed by atoms with van der Waals surface area (Å²) in [6, 6.07) is 7.55. The van der Waals surface area contributed by atoms with Crippen molar-refractivity contribution in [3.8, 4) is 0 Å². The molecule has 1 aromatic heterocycles. The number of hydrogen-bond donors (Lipinski definition) is 1. The van der Waals surface area contributed by atoms with Gasteiger partial charge in [-0.05, 0) is 35.2 Å². The van der Waals surface area contributed by atoms with E-state index in [0.717, 1.165) is 15.6 Å². The number of thiophene rings is 1. The van der Waals surface area contributed by atoms with E-state index in [9.17, 15) is 14.7 Å². The molecule has 2 heterocycles. The highest BCUT2D eigenvalue weighted by atomic mass is 32.1. The van der Waals surface area contributed by atoms with Gasteiger partial charge >= 0.3 is 5.97 Å². The van der Waals surface area contributed by atoms with Crippen LogP contribution in [-0.2, 0) is 14.3 Å². The van der Waals surface area contributed by atoms with Crippen LogP contribution in [0, 0.1) is 5.92 Å². The van der Waals surface area contributed by atoms with Gasteiger partial charge in [0, 0.05) is 31.4 Å². The van der Waals surface area contributed by atoms with Crippen molar-refractivity contribution in [2.24, 2.45) is 5.92 Å². The summed E-state index contributed by atoms with van der Waals surface area (Å²) in [7, 11) is 1.63. The Hall–Kier alpha value is -1.92. The van der Waals surface area contributed by atoms with Gasteiger partial charge in [0.15, 0.2) is 0 Å². The Labute approximate surface area is 144 Å². The summed E-state index contributed by atoms with van der Waals surface area (Å²) in [5.74, 6) is -1.37. The van der Waals surface area contributed by atoms with Crippen LogP contribution in [0.2, 0.25) is 0 Å². The summed E-state index contributed by atoms with van der Waals surface area (Å²) >= 11 is 1.60. The number of amides is 1. The monoisotopic (exact) mass is 347 g/mol. The van der Waals surface area contributed by atoms with Gasteiger partial charge in [0.1, 0.15) is 0 Å². The highest BCUT2D eigenvalue weighted by molar-refractivity contribution is 7.17. The fourth-order valence-electron chi connectivity index (χ4n) is 3.47. The van der Waals surface area contributed by atoms with E-state index in [1.807, 2.05) is 29.6 Å². The molecular weight excluding hydrogens is 326 g/mol. The van der Waals surface area contributed by atoms with Crippen molar-refractivity contribution in [3.63, 3.8) is 0 Å². The molecule has 128 valence electrons. The second-order valence-electron chi connectivity index (χ2n) is 6.05. The number of hydrogen-bond acceptors (Lipinski definition) is 4. The molecule has 1 fully saturated rings. The standard InChI is InChI=1S/C18H21NO4S/c1-23-10-4-9-19-16(20)8-7-13(18(21)22)17(19)14-11-24-15-6-3-2-5-12(14)15/h2-3,5-6,11,13,17H,4,7-10H2,1H3,(H,21,22)/t13-,17+/m0/s1. The number of carbonyl (C=O) groups is 2. The van der Waals surface area contributed by atoms with Crippen LogP contribution >= 0.6 is 11.3 Å². The third kappa shape index (κ3) is 3.16. The number of carboxylic acids is 1. The number of aliphatic carboxylic acids is 1. The summed E-state index contributed by atoms with van der Waals surface area (Å²) in [6.07, 6.45) is 1.39. The first kappa shape index (κ1) is 16.9. The average molecular weight is 347 g/mol. The zero-order valence-electron chi connectivity index (χ0n) is 13.6. The lowest BCUT2D eigenvalue weighted by molar-refractivity contribution is -0.152. The van der Waals surface area contributed by atoms with Crippen molar-refractivity contribution in [2.45, 2.75) is 25.3 Å². The van der Waals surface area contributed by atoms with Crippen molar-refractivity contribution < 1.29 is 19.4 Å². The lowest BCUT2D eigenvalue weighted by atomic mass is 9.84. The van der Waals surface area contributed by atoms with E-state index in [-0.39, 0.29) is 5.91 Å². The maximum Gasteiger partial charge on any atom is 0.308 e. The van der Waals surface area contributed by atoms with Gasteiger partial charge in [-0.3, -0.25) is 9.59 Å². The molecule has 0 aliphatic carbocycles. The number of methoxy groups -OCH3 is 1. The third-order valence-corrected chi connectivity index (χ3v) is 5.58. The van der Waals surface area contributed by atoms with E-state index in [1.165, 1.54) is 0 Å². The molecule has 1 aliphatic heterocycles. The second-order valence-corrected chi connectivity index (χ2v) is 6.96. The minimum Gasteiger partial charge on any atom is -0.481 e. The summed E-state index contributed by atoms with van der Waals surface area (Å²) < 4.78 is 6.20. The molecule has 24 heavy (non-hydrogen) atoms. The van der Waals surface area contributed by atoms with Crippen molar-refractivity contribution in [3.05, 3.63) is 35.2 Å². The first-order valence-electron chi connectivity index (χ1n) is 8.11. The zero-order valence-corrected chi connectivity index (χ0v) is 14.4. The maximum atomic E-state index is 12.5. The molecule has 1 N–H and O–H groups in total. The highest BCUT2D eigenvalue weighted by Crippen LogP contribution is 2.42. The largest absolute Gasteiger partial charge is 0.481 e. The fraction of sp³-hybridized carbons (Fsp3) is 0.444. The van der Waals surface area contributed by atoms with Gasteiger partial charge in [0.05, 0.1) is 12.0 Å². The van der Waals surface area contributed by atoms with Gasteiger partial charge in [-0.1, -0.05) is 18.2 Å². The van der Waals surface area contributed by atoms with Gasteiger partial charge in [-0.25, -0.2) is 0 Å². The smallest absolute Gasteiger partial charge is 0.308 e. The Bertz CT molecular complexity index is 741. The molecule has 6 heteroatoms. The number of fused-ring (bicyclic) bond motifs is 1. The molecular formula is C18H21NO4S. The Morgan fingerprint density at radius 1 is 1.42 bits per heavy atom. The molecule has 2 atom stereocenters. The molecule has 0 unspecified atom stereocenters. The van der Waals surface area contributed by atoms with Gasteiger partial charge in [-0.15, -0.1) is 11.3 Å². The van der Waals surface area contributed by atoms with Crippen LogP contribution in [-0.4, -0.2) is 42.1 Å². The number of rotatable bonds is 6. The lowest BCUT2D eigenvalue weighted by Crippen LogP contribution is -2.45. The van der Waals surface area contributed by atoms with Crippen LogP contribution in [0.15, 0.2) is 29.6 Å². The molecule has 5 nitrogen and oxygen atoms in total. The van der Waals surface area contributed by atoms with E-state index < -0.39 is 17.9 Å². The Morgan fingerprint density at radius 2 is 2.21 bits per heavy atom.